The van der Waals surface area contributed by atoms with Gasteiger partial charge in [0, 0.05) is 11.3 Å². The summed E-state index contributed by atoms with van der Waals surface area (Å²) in [6.45, 7) is 0. The SMILES string of the molecule is Nc1cccc(-c2ccc(F)c(F)c2F)c1. The maximum Gasteiger partial charge on any atom is 0.195 e. The van der Waals surface area contributed by atoms with Crippen molar-refractivity contribution in [2.24, 2.45) is 0 Å². The van der Waals surface area contributed by atoms with E-state index in [2.05, 4.69) is 0 Å². The highest BCUT2D eigenvalue weighted by atomic mass is 19.2. The Balaban J connectivity index is 2.61. The zero-order chi connectivity index (χ0) is 11.7. The van der Waals surface area contributed by atoms with Gasteiger partial charge < -0.3 is 5.73 Å². The van der Waals surface area contributed by atoms with Gasteiger partial charge in [0.05, 0.1) is 0 Å². The van der Waals surface area contributed by atoms with Gasteiger partial charge in [0.15, 0.2) is 17.5 Å². The molecule has 4 heteroatoms. The van der Waals surface area contributed by atoms with E-state index in [1.807, 2.05) is 0 Å². The third-order valence-electron chi connectivity index (χ3n) is 2.23. The van der Waals surface area contributed by atoms with Crippen LogP contribution in [0.3, 0.4) is 0 Å². The van der Waals surface area contributed by atoms with Gasteiger partial charge in [0.1, 0.15) is 0 Å². The lowest BCUT2D eigenvalue weighted by molar-refractivity contribution is 0.449. The van der Waals surface area contributed by atoms with Crippen LogP contribution in [0, 0.1) is 17.5 Å². The average Bonchev–Trinajstić information content (AvgIpc) is 2.26. The molecule has 0 saturated carbocycles. The number of rotatable bonds is 1. The third-order valence-corrected chi connectivity index (χ3v) is 2.23. The summed E-state index contributed by atoms with van der Waals surface area (Å²) < 4.78 is 39.1. The molecule has 0 heterocycles. The molecule has 2 aromatic carbocycles. The molecular weight excluding hydrogens is 215 g/mol. The third kappa shape index (κ3) is 1.74. The normalized spacial score (nSPS) is 10.4. The van der Waals surface area contributed by atoms with Crippen LogP contribution in [0.1, 0.15) is 0 Å². The van der Waals surface area contributed by atoms with Crippen LogP contribution >= 0.6 is 0 Å². The molecule has 0 amide bonds. The van der Waals surface area contributed by atoms with Crippen LogP contribution in [-0.2, 0) is 0 Å². The molecule has 0 aliphatic heterocycles. The van der Waals surface area contributed by atoms with E-state index < -0.39 is 17.5 Å². The second kappa shape index (κ2) is 3.89. The van der Waals surface area contributed by atoms with E-state index in [9.17, 15) is 13.2 Å². The van der Waals surface area contributed by atoms with Crippen molar-refractivity contribution in [3.05, 3.63) is 53.8 Å². The number of hydrogen-bond donors (Lipinski definition) is 1. The molecule has 0 fully saturated rings. The van der Waals surface area contributed by atoms with Gasteiger partial charge in [-0.1, -0.05) is 12.1 Å². The van der Waals surface area contributed by atoms with Crippen LogP contribution in [0.5, 0.6) is 0 Å². The number of nitrogen functional groups attached to an aromatic ring is 1. The van der Waals surface area contributed by atoms with E-state index in [1.165, 1.54) is 12.1 Å². The molecule has 0 aliphatic rings. The Morgan fingerprint density at radius 3 is 2.31 bits per heavy atom. The Hall–Kier alpha value is -1.97. The molecule has 82 valence electrons. The number of halogens is 3. The molecule has 0 saturated heterocycles. The lowest BCUT2D eigenvalue weighted by Gasteiger charge is -2.05. The molecule has 2 aromatic rings. The molecule has 0 atom stereocenters. The number of hydrogen-bond acceptors (Lipinski definition) is 1. The molecule has 0 spiro atoms. The van der Waals surface area contributed by atoms with Gasteiger partial charge in [-0.15, -0.1) is 0 Å². The Bertz CT molecular complexity index is 538. The van der Waals surface area contributed by atoms with Gasteiger partial charge >= 0.3 is 0 Å². The van der Waals surface area contributed by atoms with E-state index >= 15 is 0 Å². The van der Waals surface area contributed by atoms with Crippen molar-refractivity contribution in [1.29, 1.82) is 0 Å². The monoisotopic (exact) mass is 223 g/mol. The Kier molecular flexibility index (Phi) is 2.56. The van der Waals surface area contributed by atoms with E-state index in [0.717, 1.165) is 6.07 Å². The summed E-state index contributed by atoms with van der Waals surface area (Å²) in [5.41, 5.74) is 6.36. The van der Waals surface area contributed by atoms with Crippen LogP contribution in [0.25, 0.3) is 11.1 Å². The van der Waals surface area contributed by atoms with Crippen molar-refractivity contribution in [3.63, 3.8) is 0 Å². The van der Waals surface area contributed by atoms with Crippen LogP contribution < -0.4 is 5.73 Å². The fraction of sp³-hybridized carbons (Fsp3) is 0. The quantitative estimate of drug-likeness (QED) is 0.582. The van der Waals surface area contributed by atoms with Crippen molar-refractivity contribution >= 4 is 5.69 Å². The fourth-order valence-electron chi connectivity index (χ4n) is 1.46. The summed E-state index contributed by atoms with van der Waals surface area (Å²) in [4.78, 5) is 0. The van der Waals surface area contributed by atoms with Crippen LogP contribution in [-0.4, -0.2) is 0 Å². The van der Waals surface area contributed by atoms with Gasteiger partial charge in [0.25, 0.3) is 0 Å². The maximum atomic E-state index is 13.4. The zero-order valence-electron chi connectivity index (χ0n) is 8.18. The van der Waals surface area contributed by atoms with Crippen molar-refractivity contribution in [2.75, 3.05) is 5.73 Å². The first-order valence-corrected chi connectivity index (χ1v) is 4.59. The zero-order valence-corrected chi connectivity index (χ0v) is 8.18. The van der Waals surface area contributed by atoms with E-state index in [-0.39, 0.29) is 5.56 Å². The van der Waals surface area contributed by atoms with Gasteiger partial charge in [-0.05, 0) is 29.8 Å². The molecular formula is C12H8F3N. The molecule has 1 nitrogen and oxygen atoms in total. The molecule has 0 bridgehead atoms. The highest BCUT2D eigenvalue weighted by molar-refractivity contribution is 5.67. The first-order chi connectivity index (χ1) is 7.59. The minimum atomic E-state index is -1.47. The Labute approximate surface area is 90.3 Å². The van der Waals surface area contributed by atoms with Crippen molar-refractivity contribution < 1.29 is 13.2 Å². The van der Waals surface area contributed by atoms with Gasteiger partial charge in [-0.25, -0.2) is 13.2 Å². The lowest BCUT2D eigenvalue weighted by Crippen LogP contribution is -1.94. The predicted octanol–water partition coefficient (Wildman–Crippen LogP) is 3.35. The summed E-state index contributed by atoms with van der Waals surface area (Å²) in [5, 5.41) is 0. The second-order valence-electron chi connectivity index (χ2n) is 3.35. The molecule has 0 radical (unpaired) electrons. The lowest BCUT2D eigenvalue weighted by atomic mass is 10.0. The standard InChI is InChI=1S/C12H8F3N/c13-10-5-4-9(11(14)12(10)15)7-2-1-3-8(16)6-7/h1-6H,16H2. The summed E-state index contributed by atoms with van der Waals surface area (Å²) in [5.74, 6) is -3.88. The molecule has 16 heavy (non-hydrogen) atoms. The molecule has 0 aromatic heterocycles. The van der Waals surface area contributed by atoms with E-state index in [4.69, 9.17) is 5.73 Å². The minimum absolute atomic E-state index is 0.00815. The number of anilines is 1. The second-order valence-corrected chi connectivity index (χ2v) is 3.35. The summed E-state index contributed by atoms with van der Waals surface area (Å²) >= 11 is 0. The highest BCUT2D eigenvalue weighted by Gasteiger charge is 2.14. The van der Waals surface area contributed by atoms with Crippen LogP contribution in [0.15, 0.2) is 36.4 Å². The van der Waals surface area contributed by atoms with Gasteiger partial charge in [0.2, 0.25) is 0 Å². The molecule has 2 N–H and O–H groups in total. The van der Waals surface area contributed by atoms with Gasteiger partial charge in [-0.2, -0.15) is 0 Å². The molecule has 2 rings (SSSR count). The average molecular weight is 223 g/mol. The van der Waals surface area contributed by atoms with Crippen molar-refractivity contribution in [3.8, 4) is 11.1 Å². The van der Waals surface area contributed by atoms with E-state index in [1.54, 1.807) is 18.2 Å². The molecule has 0 unspecified atom stereocenters. The predicted molar refractivity (Wildman–Crippen MR) is 56.2 cm³/mol. The number of nitrogens with two attached hydrogens (primary N) is 1. The van der Waals surface area contributed by atoms with Crippen molar-refractivity contribution in [2.45, 2.75) is 0 Å². The first-order valence-electron chi connectivity index (χ1n) is 4.59. The largest absolute Gasteiger partial charge is 0.399 e. The van der Waals surface area contributed by atoms with Crippen LogP contribution in [0.4, 0.5) is 18.9 Å². The van der Waals surface area contributed by atoms with Crippen molar-refractivity contribution in [1.82, 2.24) is 0 Å². The minimum Gasteiger partial charge on any atom is -0.399 e. The van der Waals surface area contributed by atoms with E-state index in [0.29, 0.717) is 11.3 Å². The Morgan fingerprint density at radius 1 is 0.875 bits per heavy atom. The topological polar surface area (TPSA) is 26.0 Å². The number of benzene rings is 2. The van der Waals surface area contributed by atoms with Gasteiger partial charge in [-0.3, -0.25) is 0 Å². The molecule has 0 aliphatic carbocycles. The summed E-state index contributed by atoms with van der Waals surface area (Å²) in [6, 6.07) is 8.38. The summed E-state index contributed by atoms with van der Waals surface area (Å²) in [7, 11) is 0. The van der Waals surface area contributed by atoms with Crippen LogP contribution in [0.2, 0.25) is 0 Å². The fourth-order valence-corrected chi connectivity index (χ4v) is 1.46. The smallest absolute Gasteiger partial charge is 0.195 e. The Morgan fingerprint density at radius 2 is 1.62 bits per heavy atom. The summed E-state index contributed by atoms with van der Waals surface area (Å²) in [6.07, 6.45) is 0. The highest BCUT2D eigenvalue weighted by Crippen LogP contribution is 2.26. The first kappa shape index (κ1) is 10.5. The maximum absolute atomic E-state index is 13.4.